The van der Waals surface area contributed by atoms with Crippen molar-refractivity contribution in [2.75, 3.05) is 32.1 Å². The predicted octanol–water partition coefficient (Wildman–Crippen LogP) is 3.12. The Kier molecular flexibility index (Phi) is 7.32. The molecule has 0 unspecified atom stereocenters. The third-order valence-corrected chi connectivity index (χ3v) is 3.59. The molecule has 0 atom stereocenters. The summed E-state index contributed by atoms with van der Waals surface area (Å²) >= 11 is 0. The van der Waals surface area contributed by atoms with Crippen molar-refractivity contribution in [3.05, 3.63) is 41.1 Å². The highest BCUT2D eigenvalue weighted by atomic mass is 16.5. The Labute approximate surface area is 139 Å². The van der Waals surface area contributed by atoms with E-state index in [2.05, 4.69) is 49.1 Å². The molecule has 1 aromatic carbocycles. The summed E-state index contributed by atoms with van der Waals surface area (Å²) in [6.45, 7) is 8.99. The number of anilines is 1. The summed E-state index contributed by atoms with van der Waals surface area (Å²) in [5, 5.41) is 5.84. The first-order valence-corrected chi connectivity index (χ1v) is 7.77. The lowest BCUT2D eigenvalue weighted by molar-refractivity contribution is -0.134. The first-order chi connectivity index (χ1) is 10.9. The van der Waals surface area contributed by atoms with Crippen LogP contribution in [0.15, 0.2) is 35.1 Å². The van der Waals surface area contributed by atoms with E-state index in [-0.39, 0.29) is 0 Å². The molecule has 1 rings (SSSR count). The SMILES string of the molecule is C/C=C(/CN(C)c1c(C)cccc1C)N(C)/N=C\C(=O)OCC. The van der Waals surface area contributed by atoms with Crippen LogP contribution in [0.1, 0.15) is 25.0 Å². The molecular formula is C18H27N3O2. The van der Waals surface area contributed by atoms with E-state index in [4.69, 9.17) is 4.74 Å². The van der Waals surface area contributed by atoms with Crippen molar-refractivity contribution in [2.45, 2.75) is 27.7 Å². The largest absolute Gasteiger partial charge is 0.462 e. The molecule has 0 heterocycles. The van der Waals surface area contributed by atoms with Crippen LogP contribution in [-0.2, 0) is 9.53 Å². The molecule has 0 aromatic heterocycles. The number of carbonyl (C=O) groups is 1. The van der Waals surface area contributed by atoms with Crippen LogP contribution in [0.2, 0.25) is 0 Å². The molecular weight excluding hydrogens is 290 g/mol. The molecule has 5 heteroatoms. The molecule has 126 valence electrons. The number of hydrogen-bond acceptors (Lipinski definition) is 5. The molecule has 5 nitrogen and oxygen atoms in total. The average molecular weight is 317 g/mol. The minimum absolute atomic E-state index is 0.348. The van der Waals surface area contributed by atoms with Crippen molar-refractivity contribution < 1.29 is 9.53 Å². The Bertz CT molecular complexity index is 574. The third-order valence-electron chi connectivity index (χ3n) is 3.59. The lowest BCUT2D eigenvalue weighted by atomic mass is 10.1. The number of ether oxygens (including phenoxy) is 1. The Morgan fingerprint density at radius 3 is 2.39 bits per heavy atom. The molecule has 0 N–H and O–H groups in total. The van der Waals surface area contributed by atoms with E-state index in [0.717, 1.165) is 5.70 Å². The molecule has 0 fully saturated rings. The number of rotatable bonds is 7. The smallest absolute Gasteiger partial charge is 0.351 e. The number of carbonyl (C=O) groups excluding carboxylic acids is 1. The molecule has 0 saturated heterocycles. The lowest BCUT2D eigenvalue weighted by Crippen LogP contribution is -2.27. The number of hydrazone groups is 1. The van der Waals surface area contributed by atoms with Crippen molar-refractivity contribution in [3.63, 3.8) is 0 Å². The highest BCUT2D eigenvalue weighted by Crippen LogP contribution is 2.24. The van der Waals surface area contributed by atoms with Crippen molar-refractivity contribution in [1.82, 2.24) is 5.01 Å². The third kappa shape index (κ3) is 5.43. The van der Waals surface area contributed by atoms with Crippen molar-refractivity contribution >= 4 is 17.9 Å². The molecule has 0 spiro atoms. The van der Waals surface area contributed by atoms with E-state index in [0.29, 0.717) is 13.2 Å². The van der Waals surface area contributed by atoms with Gasteiger partial charge in [-0.2, -0.15) is 5.10 Å². The summed E-state index contributed by atoms with van der Waals surface area (Å²) < 4.78 is 4.84. The van der Waals surface area contributed by atoms with Gasteiger partial charge in [0.05, 0.1) is 18.8 Å². The summed E-state index contributed by atoms with van der Waals surface area (Å²) in [7, 11) is 3.88. The summed E-state index contributed by atoms with van der Waals surface area (Å²) in [5.41, 5.74) is 4.69. The van der Waals surface area contributed by atoms with Gasteiger partial charge < -0.3 is 9.64 Å². The maximum atomic E-state index is 11.4. The Balaban J connectivity index is 2.82. The van der Waals surface area contributed by atoms with Crippen molar-refractivity contribution in [2.24, 2.45) is 5.10 Å². The zero-order valence-corrected chi connectivity index (χ0v) is 15.0. The molecule has 0 aliphatic carbocycles. The van der Waals surface area contributed by atoms with Crippen LogP contribution >= 0.6 is 0 Å². The average Bonchev–Trinajstić information content (AvgIpc) is 2.50. The zero-order chi connectivity index (χ0) is 17.4. The second kappa shape index (κ2) is 8.98. The number of para-hydroxylation sites is 1. The zero-order valence-electron chi connectivity index (χ0n) is 15.0. The molecule has 0 amide bonds. The maximum Gasteiger partial charge on any atom is 0.351 e. The van der Waals surface area contributed by atoms with Crippen LogP contribution in [0, 0.1) is 13.8 Å². The van der Waals surface area contributed by atoms with Gasteiger partial charge in [0.25, 0.3) is 0 Å². The van der Waals surface area contributed by atoms with Gasteiger partial charge in [0.2, 0.25) is 0 Å². The van der Waals surface area contributed by atoms with E-state index in [9.17, 15) is 4.79 Å². The maximum absolute atomic E-state index is 11.4. The minimum atomic E-state index is -0.432. The van der Waals surface area contributed by atoms with Crippen LogP contribution in [0.3, 0.4) is 0 Å². The molecule has 0 bridgehead atoms. The van der Waals surface area contributed by atoms with Gasteiger partial charge in [-0.25, -0.2) is 4.79 Å². The lowest BCUT2D eigenvalue weighted by Gasteiger charge is -2.27. The number of nitrogens with zero attached hydrogens (tertiary/aromatic N) is 3. The fraction of sp³-hybridized carbons (Fsp3) is 0.444. The van der Waals surface area contributed by atoms with Crippen LogP contribution < -0.4 is 4.90 Å². The van der Waals surface area contributed by atoms with Gasteiger partial charge in [-0.3, -0.25) is 5.01 Å². The topological polar surface area (TPSA) is 45.1 Å². The Morgan fingerprint density at radius 2 is 1.87 bits per heavy atom. The number of allylic oxidation sites excluding steroid dienone is 1. The fourth-order valence-corrected chi connectivity index (χ4v) is 2.50. The Hall–Kier alpha value is -2.30. The van der Waals surface area contributed by atoms with Crippen molar-refractivity contribution in [3.8, 4) is 0 Å². The summed E-state index contributed by atoms with van der Waals surface area (Å²) in [6.07, 6.45) is 3.19. The van der Waals surface area contributed by atoms with E-state index in [1.165, 1.54) is 23.0 Å². The molecule has 0 aliphatic heterocycles. The number of likely N-dealkylation sites (N-methyl/N-ethyl adjacent to an activating group) is 2. The number of esters is 1. The first-order valence-electron chi connectivity index (χ1n) is 7.77. The number of benzene rings is 1. The standard InChI is InChI=1S/C18H27N3O2/c1-7-16(21(6)19-12-17(22)23-8-2)13-20(5)18-14(3)10-9-11-15(18)4/h7,9-12H,8,13H2,1-6H3/b16-7-,19-12-. The van der Waals surface area contributed by atoms with Crippen LogP contribution in [0.25, 0.3) is 0 Å². The van der Waals surface area contributed by atoms with Crippen LogP contribution in [0.5, 0.6) is 0 Å². The molecule has 23 heavy (non-hydrogen) atoms. The van der Waals surface area contributed by atoms with Gasteiger partial charge in [0.15, 0.2) is 0 Å². The first kappa shape index (κ1) is 18.7. The van der Waals surface area contributed by atoms with Crippen molar-refractivity contribution in [1.29, 1.82) is 0 Å². The quantitative estimate of drug-likeness (QED) is 0.440. The van der Waals surface area contributed by atoms with Gasteiger partial charge in [-0.15, -0.1) is 0 Å². The van der Waals surface area contributed by atoms with E-state index in [1.807, 2.05) is 20.0 Å². The molecule has 0 radical (unpaired) electrons. The Morgan fingerprint density at radius 1 is 1.26 bits per heavy atom. The second-order valence-corrected chi connectivity index (χ2v) is 5.40. The minimum Gasteiger partial charge on any atom is -0.462 e. The summed E-state index contributed by atoms with van der Waals surface area (Å²) in [6, 6.07) is 6.28. The number of aryl methyl sites for hydroxylation is 2. The summed E-state index contributed by atoms with van der Waals surface area (Å²) in [5.74, 6) is -0.432. The van der Waals surface area contributed by atoms with E-state index >= 15 is 0 Å². The van der Waals surface area contributed by atoms with Gasteiger partial charge in [-0.05, 0) is 38.8 Å². The predicted molar refractivity (Wildman–Crippen MR) is 95.8 cm³/mol. The second-order valence-electron chi connectivity index (χ2n) is 5.40. The monoisotopic (exact) mass is 317 g/mol. The van der Waals surface area contributed by atoms with E-state index < -0.39 is 5.97 Å². The van der Waals surface area contributed by atoms with Gasteiger partial charge in [-0.1, -0.05) is 24.3 Å². The van der Waals surface area contributed by atoms with Gasteiger partial charge in [0, 0.05) is 19.8 Å². The van der Waals surface area contributed by atoms with Crippen LogP contribution in [0.4, 0.5) is 5.69 Å². The van der Waals surface area contributed by atoms with E-state index in [1.54, 1.807) is 11.9 Å². The highest BCUT2D eigenvalue weighted by Gasteiger charge is 2.11. The highest BCUT2D eigenvalue weighted by molar-refractivity contribution is 6.23. The number of hydrogen-bond donors (Lipinski definition) is 0. The molecule has 0 saturated carbocycles. The fourth-order valence-electron chi connectivity index (χ4n) is 2.50. The van der Waals surface area contributed by atoms with Crippen LogP contribution in [-0.4, -0.2) is 44.4 Å². The summed E-state index contributed by atoms with van der Waals surface area (Å²) in [4.78, 5) is 13.6. The molecule has 0 aliphatic rings. The molecule has 1 aromatic rings. The normalized spacial score (nSPS) is 11.7. The van der Waals surface area contributed by atoms with Gasteiger partial charge >= 0.3 is 5.97 Å². The van der Waals surface area contributed by atoms with Gasteiger partial charge in [0.1, 0.15) is 6.21 Å².